The lowest BCUT2D eigenvalue weighted by Crippen LogP contribution is -2.30. The van der Waals surface area contributed by atoms with Crippen LogP contribution in [0.3, 0.4) is 0 Å². The summed E-state index contributed by atoms with van der Waals surface area (Å²) in [7, 11) is 0. The molecule has 3 nitrogen and oxygen atoms in total. The Morgan fingerprint density at radius 1 is 1.19 bits per heavy atom. The number of nitrogens with two attached hydrogens (primary N) is 1. The van der Waals surface area contributed by atoms with Gasteiger partial charge in [0.15, 0.2) is 0 Å². The van der Waals surface area contributed by atoms with E-state index in [-0.39, 0.29) is 17.9 Å². The quantitative estimate of drug-likeness (QED) is 0.899. The highest BCUT2D eigenvalue weighted by Crippen LogP contribution is 2.25. The fourth-order valence-electron chi connectivity index (χ4n) is 2.11. The number of carbonyl (C=O) groups is 1. The molecule has 2 rings (SSSR count). The molecule has 1 amide bonds. The van der Waals surface area contributed by atoms with Gasteiger partial charge in [-0.15, -0.1) is 0 Å². The van der Waals surface area contributed by atoms with Crippen molar-refractivity contribution in [1.29, 1.82) is 0 Å². The van der Waals surface area contributed by atoms with Crippen LogP contribution in [0, 0.1) is 12.8 Å². The Labute approximate surface area is 130 Å². The van der Waals surface area contributed by atoms with Crippen molar-refractivity contribution in [3.63, 3.8) is 0 Å². The van der Waals surface area contributed by atoms with E-state index in [1.165, 1.54) is 0 Å². The number of carbonyl (C=O) groups excluding carboxylic acids is 1. The highest BCUT2D eigenvalue weighted by molar-refractivity contribution is 6.33. The molecule has 110 valence electrons. The monoisotopic (exact) mass is 302 g/mol. The summed E-state index contributed by atoms with van der Waals surface area (Å²) in [6.45, 7) is 3.77. The number of rotatable bonds is 4. The van der Waals surface area contributed by atoms with Crippen molar-refractivity contribution in [2.45, 2.75) is 19.9 Å². The zero-order chi connectivity index (χ0) is 15.4. The molecular weight excluding hydrogens is 284 g/mol. The van der Waals surface area contributed by atoms with Crippen LogP contribution < -0.4 is 11.1 Å². The largest absolute Gasteiger partial charge is 0.324 e. The number of anilines is 1. The van der Waals surface area contributed by atoms with E-state index in [4.69, 9.17) is 17.3 Å². The van der Waals surface area contributed by atoms with Gasteiger partial charge in [0.05, 0.1) is 16.6 Å². The number of aryl methyl sites for hydroxylation is 1. The van der Waals surface area contributed by atoms with Gasteiger partial charge in [-0.3, -0.25) is 4.79 Å². The van der Waals surface area contributed by atoms with Crippen LogP contribution in [0.5, 0.6) is 0 Å². The van der Waals surface area contributed by atoms with E-state index in [0.717, 1.165) is 11.1 Å². The normalized spacial score (nSPS) is 13.5. The lowest BCUT2D eigenvalue weighted by Gasteiger charge is -2.20. The maximum absolute atomic E-state index is 12.3. The summed E-state index contributed by atoms with van der Waals surface area (Å²) < 4.78 is 0. The van der Waals surface area contributed by atoms with Crippen molar-refractivity contribution in [3.05, 3.63) is 64.7 Å². The predicted molar refractivity (Wildman–Crippen MR) is 87.4 cm³/mol. The second-order valence-corrected chi connectivity index (χ2v) is 5.60. The summed E-state index contributed by atoms with van der Waals surface area (Å²) in [6, 6.07) is 14.8. The smallest absolute Gasteiger partial charge is 0.229 e. The first-order valence-corrected chi connectivity index (χ1v) is 7.24. The molecule has 0 saturated carbocycles. The van der Waals surface area contributed by atoms with E-state index >= 15 is 0 Å². The number of benzene rings is 2. The summed E-state index contributed by atoms with van der Waals surface area (Å²) in [5.74, 6) is -0.497. The number of hydrogen-bond acceptors (Lipinski definition) is 2. The molecule has 0 saturated heterocycles. The van der Waals surface area contributed by atoms with Gasteiger partial charge in [-0.1, -0.05) is 54.9 Å². The zero-order valence-electron chi connectivity index (χ0n) is 12.1. The van der Waals surface area contributed by atoms with Crippen molar-refractivity contribution < 1.29 is 4.79 Å². The molecule has 0 aromatic heterocycles. The second kappa shape index (κ2) is 6.74. The van der Waals surface area contributed by atoms with Crippen LogP contribution in [0.2, 0.25) is 5.02 Å². The van der Waals surface area contributed by atoms with Crippen LogP contribution in [0.4, 0.5) is 5.69 Å². The summed E-state index contributed by atoms with van der Waals surface area (Å²) >= 11 is 6.10. The van der Waals surface area contributed by atoms with Gasteiger partial charge < -0.3 is 11.1 Å². The maximum atomic E-state index is 12.3. The van der Waals surface area contributed by atoms with Crippen molar-refractivity contribution in [1.82, 2.24) is 0 Å². The Hall–Kier alpha value is -1.84. The Bertz CT molecular complexity index is 628. The third-order valence-corrected chi connectivity index (χ3v) is 3.85. The third kappa shape index (κ3) is 3.84. The molecule has 2 aromatic carbocycles. The fraction of sp³-hybridized carbons (Fsp3) is 0.235. The van der Waals surface area contributed by atoms with Crippen molar-refractivity contribution in [2.75, 3.05) is 5.32 Å². The summed E-state index contributed by atoms with van der Waals surface area (Å²) in [5, 5.41) is 3.37. The van der Waals surface area contributed by atoms with Crippen molar-refractivity contribution >= 4 is 23.2 Å². The van der Waals surface area contributed by atoms with Crippen molar-refractivity contribution in [2.24, 2.45) is 11.7 Å². The fourth-order valence-corrected chi connectivity index (χ4v) is 2.27. The minimum absolute atomic E-state index is 0.140. The molecule has 21 heavy (non-hydrogen) atoms. The minimum Gasteiger partial charge on any atom is -0.324 e. The summed E-state index contributed by atoms with van der Waals surface area (Å²) in [5.41, 5.74) is 8.76. The van der Waals surface area contributed by atoms with Crippen molar-refractivity contribution in [3.8, 4) is 0 Å². The Balaban J connectivity index is 2.11. The predicted octanol–water partition coefficient (Wildman–Crippen LogP) is 3.92. The molecule has 2 atom stereocenters. The molecule has 2 unspecified atom stereocenters. The van der Waals surface area contributed by atoms with Crippen LogP contribution in [0.15, 0.2) is 48.5 Å². The van der Waals surface area contributed by atoms with Crippen LogP contribution in [-0.2, 0) is 4.79 Å². The third-order valence-electron chi connectivity index (χ3n) is 3.52. The van der Waals surface area contributed by atoms with E-state index in [9.17, 15) is 4.79 Å². The molecule has 4 heteroatoms. The van der Waals surface area contributed by atoms with E-state index in [0.29, 0.717) is 10.7 Å². The Morgan fingerprint density at radius 3 is 2.52 bits per heavy atom. The Morgan fingerprint density at radius 2 is 1.86 bits per heavy atom. The van der Waals surface area contributed by atoms with Gasteiger partial charge in [-0.05, 0) is 30.2 Å². The number of nitrogens with one attached hydrogen (secondary N) is 1. The van der Waals surface area contributed by atoms with Crippen LogP contribution in [0.1, 0.15) is 24.1 Å². The highest BCUT2D eigenvalue weighted by Gasteiger charge is 2.22. The van der Waals surface area contributed by atoms with Gasteiger partial charge in [0.25, 0.3) is 0 Å². The molecule has 0 radical (unpaired) electrons. The average Bonchev–Trinajstić information content (AvgIpc) is 2.50. The Kier molecular flexibility index (Phi) is 4.99. The molecule has 0 heterocycles. The van der Waals surface area contributed by atoms with Gasteiger partial charge in [-0.25, -0.2) is 0 Å². The molecule has 3 N–H and O–H groups in total. The zero-order valence-corrected chi connectivity index (χ0v) is 12.9. The molecule has 0 spiro atoms. The molecule has 0 aliphatic rings. The maximum Gasteiger partial charge on any atom is 0.229 e. The number of amides is 1. The number of hydrogen-bond donors (Lipinski definition) is 2. The molecule has 0 fully saturated rings. The van der Waals surface area contributed by atoms with E-state index in [2.05, 4.69) is 5.32 Å². The number of halogens is 1. The van der Waals surface area contributed by atoms with Gasteiger partial charge in [0.2, 0.25) is 5.91 Å². The van der Waals surface area contributed by atoms with Crippen LogP contribution in [-0.4, -0.2) is 5.91 Å². The molecule has 2 aromatic rings. The van der Waals surface area contributed by atoms with Crippen LogP contribution in [0.25, 0.3) is 0 Å². The van der Waals surface area contributed by atoms with E-state index in [1.54, 1.807) is 6.07 Å². The average molecular weight is 303 g/mol. The van der Waals surface area contributed by atoms with Gasteiger partial charge in [-0.2, -0.15) is 0 Å². The van der Waals surface area contributed by atoms with Gasteiger partial charge in [0, 0.05) is 6.04 Å². The highest BCUT2D eigenvalue weighted by atomic mass is 35.5. The first kappa shape index (κ1) is 15.5. The second-order valence-electron chi connectivity index (χ2n) is 5.20. The topological polar surface area (TPSA) is 55.1 Å². The lowest BCUT2D eigenvalue weighted by molar-refractivity contribution is -0.120. The van der Waals surface area contributed by atoms with Gasteiger partial charge >= 0.3 is 0 Å². The molecule has 0 bridgehead atoms. The van der Waals surface area contributed by atoms with Gasteiger partial charge in [0.1, 0.15) is 0 Å². The van der Waals surface area contributed by atoms with E-state index in [1.807, 2.05) is 56.3 Å². The summed E-state index contributed by atoms with van der Waals surface area (Å²) in [6.07, 6.45) is 0. The first-order chi connectivity index (χ1) is 9.99. The lowest BCUT2D eigenvalue weighted by atomic mass is 9.94. The standard InChI is InChI=1S/C17H19ClN2O/c1-11-8-9-14(18)15(10-11)20-17(21)12(2)16(19)13-6-4-3-5-7-13/h3-10,12,16H,19H2,1-2H3,(H,20,21). The van der Waals surface area contributed by atoms with Crippen LogP contribution >= 0.6 is 11.6 Å². The molecule has 0 aliphatic heterocycles. The first-order valence-electron chi connectivity index (χ1n) is 6.86. The van der Waals surface area contributed by atoms with E-state index < -0.39 is 0 Å². The molecular formula is C17H19ClN2O. The SMILES string of the molecule is Cc1ccc(Cl)c(NC(=O)C(C)C(N)c2ccccc2)c1. The molecule has 0 aliphatic carbocycles. The summed E-state index contributed by atoms with van der Waals surface area (Å²) in [4.78, 5) is 12.3. The minimum atomic E-state index is -0.357.